The Morgan fingerprint density at radius 2 is 1.44 bits per heavy atom. The molecule has 6 nitrogen and oxygen atoms in total. The van der Waals surface area contributed by atoms with E-state index >= 15 is 0 Å². The van der Waals surface area contributed by atoms with Gasteiger partial charge >= 0.3 is 0 Å². The van der Waals surface area contributed by atoms with Crippen molar-refractivity contribution in [3.8, 4) is 0 Å². The summed E-state index contributed by atoms with van der Waals surface area (Å²) < 4.78 is 25.3. The molecule has 0 aromatic heterocycles. The summed E-state index contributed by atoms with van der Waals surface area (Å²) in [5.41, 5.74) is 5.12. The SMILES string of the molecule is O=C(CC12CC3CC(CC(C3)C1)C2)NNC(=O)C1(S(=O)(=O)c2ccc(Cl)cc2)CCCC1. The van der Waals surface area contributed by atoms with Crippen LogP contribution in [0.15, 0.2) is 29.2 Å². The van der Waals surface area contributed by atoms with Gasteiger partial charge in [-0.2, -0.15) is 0 Å². The fourth-order valence-corrected chi connectivity index (χ4v) is 9.73. The van der Waals surface area contributed by atoms with E-state index in [1.807, 2.05) is 0 Å². The zero-order chi connectivity index (χ0) is 22.6. The van der Waals surface area contributed by atoms with E-state index in [0.29, 0.717) is 24.3 Å². The highest BCUT2D eigenvalue weighted by molar-refractivity contribution is 7.93. The van der Waals surface area contributed by atoms with Crippen LogP contribution in [-0.2, 0) is 19.4 Å². The third-order valence-corrected chi connectivity index (χ3v) is 11.2. The van der Waals surface area contributed by atoms with Gasteiger partial charge in [-0.1, -0.05) is 24.4 Å². The number of rotatable bonds is 5. The molecular formula is C24H31ClN2O4S. The van der Waals surface area contributed by atoms with Gasteiger partial charge in [-0.15, -0.1) is 0 Å². The van der Waals surface area contributed by atoms with Crippen molar-refractivity contribution in [2.24, 2.45) is 23.2 Å². The summed E-state index contributed by atoms with van der Waals surface area (Å²) in [6, 6.07) is 5.91. The summed E-state index contributed by atoms with van der Waals surface area (Å²) in [5.74, 6) is 1.39. The molecule has 0 spiro atoms. The quantitative estimate of drug-likeness (QED) is 0.621. The molecule has 0 heterocycles. The van der Waals surface area contributed by atoms with E-state index in [1.165, 1.54) is 43.5 Å². The first kappa shape index (κ1) is 22.2. The number of benzene rings is 1. The molecule has 0 atom stereocenters. The summed E-state index contributed by atoms with van der Waals surface area (Å²) in [4.78, 5) is 26.1. The average molecular weight is 479 g/mol. The minimum absolute atomic E-state index is 0.0595. The van der Waals surface area contributed by atoms with Gasteiger partial charge in [-0.25, -0.2) is 8.42 Å². The van der Waals surface area contributed by atoms with Gasteiger partial charge in [-0.05, 0) is 98.8 Å². The molecular weight excluding hydrogens is 448 g/mol. The van der Waals surface area contributed by atoms with E-state index < -0.39 is 20.5 Å². The fraction of sp³-hybridized carbons (Fsp3) is 0.667. The molecule has 0 radical (unpaired) electrons. The minimum Gasteiger partial charge on any atom is -0.273 e. The van der Waals surface area contributed by atoms with E-state index in [9.17, 15) is 18.0 Å². The predicted octanol–water partition coefficient (Wildman–Crippen LogP) is 4.18. The van der Waals surface area contributed by atoms with Gasteiger partial charge in [0.05, 0.1) is 4.90 Å². The molecule has 1 aromatic carbocycles. The molecule has 5 saturated carbocycles. The highest BCUT2D eigenvalue weighted by atomic mass is 35.5. The molecule has 0 aliphatic heterocycles. The minimum atomic E-state index is -3.93. The molecule has 5 aliphatic rings. The number of hydrazine groups is 1. The number of halogens is 1. The summed E-state index contributed by atoms with van der Waals surface area (Å²) in [7, 11) is -3.93. The Bertz CT molecular complexity index is 980. The van der Waals surface area contributed by atoms with Gasteiger partial charge in [0.2, 0.25) is 5.91 Å². The van der Waals surface area contributed by atoms with Gasteiger partial charge < -0.3 is 0 Å². The summed E-state index contributed by atoms with van der Waals surface area (Å²) in [5, 5.41) is 0.436. The molecule has 2 N–H and O–H groups in total. The Morgan fingerprint density at radius 1 is 0.906 bits per heavy atom. The first-order valence-electron chi connectivity index (χ1n) is 11.8. The highest BCUT2D eigenvalue weighted by Crippen LogP contribution is 2.61. The normalized spacial score (nSPS) is 32.6. The van der Waals surface area contributed by atoms with Crippen LogP contribution in [0.3, 0.4) is 0 Å². The van der Waals surface area contributed by atoms with E-state index in [2.05, 4.69) is 10.9 Å². The second-order valence-corrected chi connectivity index (χ2v) is 13.5. The van der Waals surface area contributed by atoms with Crippen molar-refractivity contribution in [1.29, 1.82) is 0 Å². The predicted molar refractivity (Wildman–Crippen MR) is 121 cm³/mol. The van der Waals surface area contributed by atoms with Crippen molar-refractivity contribution in [3.05, 3.63) is 29.3 Å². The zero-order valence-corrected chi connectivity index (χ0v) is 19.8. The molecule has 5 fully saturated rings. The Balaban J connectivity index is 1.27. The lowest BCUT2D eigenvalue weighted by Gasteiger charge is -2.56. The topological polar surface area (TPSA) is 92.3 Å². The summed E-state index contributed by atoms with van der Waals surface area (Å²) >= 11 is 5.91. The maximum atomic E-state index is 13.4. The van der Waals surface area contributed by atoms with Crippen LogP contribution in [0.5, 0.6) is 0 Å². The van der Waals surface area contributed by atoms with E-state index in [1.54, 1.807) is 0 Å². The van der Waals surface area contributed by atoms with Crippen LogP contribution in [0.4, 0.5) is 0 Å². The van der Waals surface area contributed by atoms with Crippen LogP contribution in [0.1, 0.15) is 70.6 Å². The highest BCUT2D eigenvalue weighted by Gasteiger charge is 2.54. The number of amides is 2. The summed E-state index contributed by atoms with van der Waals surface area (Å²) in [6.45, 7) is 0. The largest absolute Gasteiger partial charge is 0.273 e. The lowest BCUT2D eigenvalue weighted by Crippen LogP contribution is -2.56. The van der Waals surface area contributed by atoms with Crippen molar-refractivity contribution >= 4 is 33.3 Å². The van der Waals surface area contributed by atoms with Gasteiger partial charge in [0.1, 0.15) is 0 Å². The lowest BCUT2D eigenvalue weighted by molar-refractivity contribution is -0.135. The van der Waals surface area contributed by atoms with Crippen molar-refractivity contribution in [3.63, 3.8) is 0 Å². The van der Waals surface area contributed by atoms with Gasteiger partial charge in [0.25, 0.3) is 5.91 Å². The number of hydrogen-bond donors (Lipinski definition) is 2. The molecule has 1 aromatic rings. The summed E-state index contributed by atoms with van der Waals surface area (Å²) in [6.07, 6.45) is 9.45. The molecule has 0 unspecified atom stereocenters. The first-order valence-corrected chi connectivity index (χ1v) is 13.7. The van der Waals surface area contributed by atoms with Gasteiger partial charge in [0.15, 0.2) is 14.6 Å². The molecule has 6 rings (SSSR count). The van der Waals surface area contributed by atoms with Crippen molar-refractivity contribution in [1.82, 2.24) is 10.9 Å². The number of hydrogen-bond acceptors (Lipinski definition) is 4. The van der Waals surface area contributed by atoms with Gasteiger partial charge in [0, 0.05) is 11.4 Å². The third-order valence-electron chi connectivity index (χ3n) is 8.48. The Labute approximate surface area is 194 Å². The van der Waals surface area contributed by atoms with Crippen molar-refractivity contribution in [2.45, 2.75) is 80.3 Å². The fourth-order valence-electron chi connectivity index (χ4n) is 7.53. The molecule has 0 saturated heterocycles. The van der Waals surface area contributed by atoms with Crippen LogP contribution < -0.4 is 10.9 Å². The number of carbonyl (C=O) groups is 2. The maximum Gasteiger partial charge on any atom is 0.260 e. The standard InChI is InChI=1S/C24H31ClN2O4S/c25-19-3-5-20(6-4-19)32(30,31)24(7-1-2-8-24)22(29)27-26-21(28)15-23-12-16-9-17(13-23)11-18(10-16)14-23/h3-6,16-18H,1-2,7-15H2,(H,26,28)(H,27,29). The number of sulfone groups is 1. The van der Waals surface area contributed by atoms with Crippen LogP contribution in [0.25, 0.3) is 0 Å². The average Bonchev–Trinajstić information content (AvgIpc) is 3.23. The second kappa shape index (κ2) is 8.01. The van der Waals surface area contributed by atoms with E-state index in [-0.39, 0.29) is 29.1 Å². The monoisotopic (exact) mass is 478 g/mol. The van der Waals surface area contributed by atoms with Crippen molar-refractivity contribution < 1.29 is 18.0 Å². The molecule has 174 valence electrons. The van der Waals surface area contributed by atoms with E-state index in [0.717, 1.165) is 37.0 Å². The van der Waals surface area contributed by atoms with Crippen LogP contribution >= 0.6 is 11.6 Å². The lowest BCUT2D eigenvalue weighted by atomic mass is 9.49. The third kappa shape index (κ3) is 3.75. The Kier molecular flexibility index (Phi) is 5.56. The molecule has 2 amide bonds. The zero-order valence-electron chi connectivity index (χ0n) is 18.2. The van der Waals surface area contributed by atoms with Crippen molar-refractivity contribution in [2.75, 3.05) is 0 Å². The Morgan fingerprint density at radius 3 is 1.97 bits per heavy atom. The first-order chi connectivity index (χ1) is 15.2. The molecule has 4 bridgehead atoms. The van der Waals surface area contributed by atoms with Crippen LogP contribution in [-0.4, -0.2) is 25.0 Å². The maximum absolute atomic E-state index is 13.4. The second-order valence-electron chi connectivity index (χ2n) is 10.8. The molecule has 5 aliphatic carbocycles. The number of nitrogens with one attached hydrogen (secondary N) is 2. The van der Waals surface area contributed by atoms with E-state index in [4.69, 9.17) is 11.6 Å². The number of carbonyl (C=O) groups excluding carboxylic acids is 2. The van der Waals surface area contributed by atoms with Crippen LogP contribution in [0, 0.1) is 23.2 Å². The smallest absolute Gasteiger partial charge is 0.260 e. The molecule has 8 heteroatoms. The molecule has 32 heavy (non-hydrogen) atoms. The van der Waals surface area contributed by atoms with Crippen LogP contribution in [0.2, 0.25) is 5.02 Å². The van der Waals surface area contributed by atoms with Gasteiger partial charge in [-0.3, -0.25) is 20.4 Å². The Hall–Kier alpha value is -1.60.